The Labute approximate surface area is 181 Å². The average molecular weight is 409 g/mol. The van der Waals surface area contributed by atoms with E-state index in [1.165, 1.54) is 0 Å². The van der Waals surface area contributed by atoms with Crippen LogP contribution >= 0.6 is 0 Å². The number of phenolic OH excluding ortho intramolecular Hbond substituents is 2. The number of rotatable bonds is 3. The second-order valence-corrected chi connectivity index (χ2v) is 8.14. The summed E-state index contributed by atoms with van der Waals surface area (Å²) in [4.78, 5) is 15.9. The monoisotopic (exact) mass is 409 g/mol. The molecule has 0 spiro atoms. The summed E-state index contributed by atoms with van der Waals surface area (Å²) in [6.07, 6.45) is 8.18. The Kier molecular flexibility index (Phi) is 4.44. The fourth-order valence-electron chi connectivity index (χ4n) is 4.94. The van der Waals surface area contributed by atoms with Gasteiger partial charge in [0.15, 0.2) is 0 Å². The van der Waals surface area contributed by atoms with Gasteiger partial charge < -0.3 is 15.1 Å². The van der Waals surface area contributed by atoms with E-state index in [1.807, 2.05) is 65.6 Å². The number of carbonyl (C=O) groups excluding carboxylic acids is 1. The number of nitrogens with zero attached hydrogens (tertiary/aromatic N) is 1. The molecule has 2 aliphatic rings. The zero-order valence-corrected chi connectivity index (χ0v) is 17.1. The van der Waals surface area contributed by atoms with Crippen molar-refractivity contribution in [3.05, 3.63) is 119 Å². The fraction of sp³-hybridized carbons (Fsp3) is 0.148. The molecule has 0 saturated heterocycles. The van der Waals surface area contributed by atoms with E-state index in [2.05, 4.69) is 19.1 Å². The number of allylic oxidation sites excluding steroid dienone is 2. The second-order valence-electron chi connectivity index (χ2n) is 8.14. The number of phenols is 2. The molecule has 31 heavy (non-hydrogen) atoms. The number of aromatic hydroxyl groups is 2. The second kappa shape index (κ2) is 7.17. The molecule has 1 amide bonds. The van der Waals surface area contributed by atoms with Crippen molar-refractivity contribution in [1.82, 2.24) is 4.90 Å². The van der Waals surface area contributed by atoms with Crippen LogP contribution in [0.2, 0.25) is 0 Å². The summed E-state index contributed by atoms with van der Waals surface area (Å²) in [7, 11) is 0. The zero-order chi connectivity index (χ0) is 21.6. The molecule has 1 aliphatic carbocycles. The predicted molar refractivity (Wildman–Crippen MR) is 120 cm³/mol. The van der Waals surface area contributed by atoms with Crippen molar-refractivity contribution in [3.8, 4) is 11.5 Å². The number of hydrogen-bond donors (Lipinski definition) is 2. The standard InChI is InChI=1S/C27H23NO3/c1-18-6-2-5-9-25(18)28-26(31)23-7-3-4-8-24(23)27(28,19-10-14-21(29)15-11-19)20-12-16-22(30)17-13-20/h2-18,25,29-30H,1H3. The highest BCUT2D eigenvalue weighted by molar-refractivity contribution is 6.02. The highest BCUT2D eigenvalue weighted by Crippen LogP contribution is 2.51. The van der Waals surface area contributed by atoms with Gasteiger partial charge >= 0.3 is 0 Å². The molecule has 0 radical (unpaired) electrons. The molecule has 1 heterocycles. The van der Waals surface area contributed by atoms with Gasteiger partial charge in [-0.2, -0.15) is 0 Å². The summed E-state index contributed by atoms with van der Waals surface area (Å²) >= 11 is 0. The Hall–Kier alpha value is -3.79. The minimum Gasteiger partial charge on any atom is -0.508 e. The van der Waals surface area contributed by atoms with Gasteiger partial charge in [-0.05, 0) is 52.9 Å². The van der Waals surface area contributed by atoms with Crippen LogP contribution in [0.5, 0.6) is 11.5 Å². The van der Waals surface area contributed by atoms with E-state index in [4.69, 9.17) is 0 Å². The third-order valence-corrected chi connectivity index (χ3v) is 6.37. The van der Waals surface area contributed by atoms with Crippen molar-refractivity contribution in [2.45, 2.75) is 18.5 Å². The summed E-state index contributed by atoms with van der Waals surface area (Å²) in [5.41, 5.74) is 2.42. The number of benzene rings is 3. The quantitative estimate of drug-likeness (QED) is 0.642. The Morgan fingerprint density at radius 2 is 1.32 bits per heavy atom. The highest BCUT2D eigenvalue weighted by atomic mass is 16.3. The van der Waals surface area contributed by atoms with Gasteiger partial charge in [-0.25, -0.2) is 0 Å². The van der Waals surface area contributed by atoms with Gasteiger partial charge in [0, 0.05) is 5.56 Å². The SMILES string of the molecule is CC1C=CC=CC1N1C(=O)c2ccccc2C1(c1ccc(O)cc1)c1ccc(O)cc1. The predicted octanol–water partition coefficient (Wildman–Crippen LogP) is 4.98. The summed E-state index contributed by atoms with van der Waals surface area (Å²) in [6.45, 7) is 2.11. The average Bonchev–Trinajstić information content (AvgIpc) is 3.05. The fourth-order valence-corrected chi connectivity index (χ4v) is 4.94. The van der Waals surface area contributed by atoms with Gasteiger partial charge in [-0.3, -0.25) is 4.79 Å². The topological polar surface area (TPSA) is 60.8 Å². The van der Waals surface area contributed by atoms with Crippen molar-refractivity contribution in [3.63, 3.8) is 0 Å². The molecule has 3 aromatic carbocycles. The number of hydrogen-bond acceptors (Lipinski definition) is 3. The van der Waals surface area contributed by atoms with Gasteiger partial charge in [0.2, 0.25) is 0 Å². The largest absolute Gasteiger partial charge is 0.508 e. The molecule has 5 rings (SSSR count). The van der Waals surface area contributed by atoms with Crippen LogP contribution in [0.4, 0.5) is 0 Å². The first-order valence-electron chi connectivity index (χ1n) is 10.4. The molecular weight excluding hydrogens is 386 g/mol. The van der Waals surface area contributed by atoms with Gasteiger partial charge in [0.1, 0.15) is 17.0 Å². The Balaban J connectivity index is 1.87. The summed E-state index contributed by atoms with van der Waals surface area (Å²) in [5, 5.41) is 19.9. The van der Waals surface area contributed by atoms with E-state index in [0.717, 1.165) is 16.7 Å². The van der Waals surface area contributed by atoms with E-state index in [-0.39, 0.29) is 29.4 Å². The minimum absolute atomic E-state index is 0.0338. The molecule has 2 unspecified atom stereocenters. The normalized spacial score (nSPS) is 21.3. The third kappa shape index (κ3) is 2.79. The number of amides is 1. The van der Waals surface area contributed by atoms with Crippen LogP contribution in [0.15, 0.2) is 97.1 Å². The first-order valence-corrected chi connectivity index (χ1v) is 10.4. The Bertz CT molecular complexity index is 1150. The number of carbonyl (C=O) groups is 1. The van der Waals surface area contributed by atoms with Crippen molar-refractivity contribution in [2.75, 3.05) is 0 Å². The third-order valence-electron chi connectivity index (χ3n) is 6.37. The van der Waals surface area contributed by atoms with Crippen LogP contribution in [0.25, 0.3) is 0 Å². The molecular formula is C27H23NO3. The van der Waals surface area contributed by atoms with Crippen LogP contribution in [0.3, 0.4) is 0 Å². The van der Waals surface area contributed by atoms with Crippen LogP contribution in [-0.2, 0) is 5.54 Å². The molecule has 4 heteroatoms. The summed E-state index contributed by atoms with van der Waals surface area (Å²) in [6, 6.07) is 21.7. The smallest absolute Gasteiger partial charge is 0.256 e. The van der Waals surface area contributed by atoms with Crippen LogP contribution in [0.1, 0.15) is 34.0 Å². The van der Waals surface area contributed by atoms with E-state index < -0.39 is 5.54 Å². The lowest BCUT2D eigenvalue weighted by Crippen LogP contribution is -2.52. The maximum atomic E-state index is 13.9. The van der Waals surface area contributed by atoms with Gasteiger partial charge in [-0.1, -0.05) is 73.7 Å². The van der Waals surface area contributed by atoms with Crippen molar-refractivity contribution < 1.29 is 15.0 Å². The maximum absolute atomic E-state index is 13.9. The van der Waals surface area contributed by atoms with E-state index >= 15 is 0 Å². The van der Waals surface area contributed by atoms with Crippen LogP contribution in [-0.4, -0.2) is 27.1 Å². The first kappa shape index (κ1) is 19.2. The molecule has 4 nitrogen and oxygen atoms in total. The van der Waals surface area contributed by atoms with Crippen molar-refractivity contribution >= 4 is 5.91 Å². The van der Waals surface area contributed by atoms with Crippen LogP contribution in [0, 0.1) is 5.92 Å². The molecule has 0 aromatic heterocycles. The maximum Gasteiger partial charge on any atom is 0.256 e. The van der Waals surface area contributed by atoms with Crippen molar-refractivity contribution in [2.24, 2.45) is 5.92 Å². The lowest BCUT2D eigenvalue weighted by Gasteiger charge is -2.45. The van der Waals surface area contributed by atoms with E-state index in [0.29, 0.717) is 5.56 Å². The lowest BCUT2D eigenvalue weighted by atomic mass is 9.75. The van der Waals surface area contributed by atoms with E-state index in [1.54, 1.807) is 24.3 Å². The van der Waals surface area contributed by atoms with E-state index in [9.17, 15) is 15.0 Å². The Morgan fingerprint density at radius 3 is 1.90 bits per heavy atom. The molecule has 1 aliphatic heterocycles. The molecule has 3 aromatic rings. The van der Waals surface area contributed by atoms with Crippen molar-refractivity contribution in [1.29, 1.82) is 0 Å². The molecule has 154 valence electrons. The summed E-state index contributed by atoms with van der Waals surface area (Å²) in [5.74, 6) is 0.427. The number of fused-ring (bicyclic) bond motifs is 1. The van der Waals surface area contributed by atoms with Gasteiger partial charge in [0.25, 0.3) is 5.91 Å². The van der Waals surface area contributed by atoms with Gasteiger partial charge in [-0.15, -0.1) is 0 Å². The molecule has 2 atom stereocenters. The van der Waals surface area contributed by atoms with Crippen LogP contribution < -0.4 is 0 Å². The molecule has 0 saturated carbocycles. The minimum atomic E-state index is -0.899. The molecule has 0 bridgehead atoms. The Morgan fingerprint density at radius 1 is 0.774 bits per heavy atom. The lowest BCUT2D eigenvalue weighted by molar-refractivity contribution is 0.0568. The molecule has 2 N–H and O–H groups in total. The zero-order valence-electron chi connectivity index (χ0n) is 17.1. The summed E-state index contributed by atoms with van der Waals surface area (Å²) < 4.78 is 0. The molecule has 0 fully saturated rings. The first-order chi connectivity index (χ1) is 15.0. The highest BCUT2D eigenvalue weighted by Gasteiger charge is 2.54. The van der Waals surface area contributed by atoms with Gasteiger partial charge in [0.05, 0.1) is 6.04 Å².